The Labute approximate surface area is 147 Å². The summed E-state index contributed by atoms with van der Waals surface area (Å²) in [6.07, 6.45) is 1.55. The Kier molecular flexibility index (Phi) is 4.93. The number of nitrogens with one attached hydrogen (secondary N) is 1. The lowest BCUT2D eigenvalue weighted by molar-refractivity contribution is -0.130. The number of hydrogen-bond donors (Lipinski definition) is 1. The number of amides is 2. The number of anilines is 1. The fourth-order valence-corrected chi connectivity index (χ4v) is 2.80. The van der Waals surface area contributed by atoms with Crippen LogP contribution < -0.4 is 5.32 Å². The first-order chi connectivity index (χ1) is 12.0. The van der Waals surface area contributed by atoms with Gasteiger partial charge in [-0.15, -0.1) is 0 Å². The second-order valence-electron chi connectivity index (χ2n) is 6.28. The molecule has 2 amide bonds. The zero-order valence-electron chi connectivity index (χ0n) is 14.5. The molecule has 5 nitrogen and oxygen atoms in total. The molecule has 0 saturated heterocycles. The van der Waals surface area contributed by atoms with Gasteiger partial charge in [0.2, 0.25) is 5.91 Å². The first-order valence-electron chi connectivity index (χ1n) is 8.31. The minimum atomic E-state index is -0.259. The predicted molar refractivity (Wildman–Crippen MR) is 98.5 cm³/mol. The second kappa shape index (κ2) is 7.30. The van der Waals surface area contributed by atoms with Gasteiger partial charge in [0.15, 0.2) is 0 Å². The van der Waals surface area contributed by atoms with Crippen LogP contribution in [0.1, 0.15) is 29.5 Å². The van der Waals surface area contributed by atoms with Gasteiger partial charge in [0, 0.05) is 25.6 Å². The maximum Gasteiger partial charge on any atom is 0.271 e. The number of hydrogen-bond acceptors (Lipinski definition) is 3. The standard InChI is InChI=1S/C20H21N3O2/c1-14-4-3-5-16(12-14)13-15-6-8-17(9-7-15)21-20(25)18-10-11-19(24)23(2)22-18/h3-9,12H,10-11,13H2,1-2H3,(H,21,25). The third kappa shape index (κ3) is 4.32. The molecule has 0 aliphatic carbocycles. The molecule has 0 radical (unpaired) electrons. The predicted octanol–water partition coefficient (Wildman–Crippen LogP) is 3.13. The van der Waals surface area contributed by atoms with Gasteiger partial charge in [0.05, 0.1) is 0 Å². The fraction of sp³-hybridized carbons (Fsp3) is 0.250. The largest absolute Gasteiger partial charge is 0.321 e. The van der Waals surface area contributed by atoms with Crippen LogP contribution in [0.25, 0.3) is 0 Å². The van der Waals surface area contributed by atoms with Crippen LogP contribution in [0.4, 0.5) is 5.69 Å². The van der Waals surface area contributed by atoms with Gasteiger partial charge >= 0.3 is 0 Å². The molecule has 0 aromatic heterocycles. The molecule has 128 valence electrons. The van der Waals surface area contributed by atoms with Crippen LogP contribution in [0, 0.1) is 6.92 Å². The normalized spacial score (nSPS) is 14.2. The van der Waals surface area contributed by atoms with Gasteiger partial charge in [-0.05, 0) is 36.6 Å². The Bertz CT molecular complexity index is 825. The lowest BCUT2D eigenvalue weighted by Crippen LogP contribution is -2.34. The van der Waals surface area contributed by atoms with Crippen LogP contribution in [0.2, 0.25) is 0 Å². The zero-order chi connectivity index (χ0) is 17.8. The highest BCUT2D eigenvalue weighted by Gasteiger charge is 2.21. The fourth-order valence-electron chi connectivity index (χ4n) is 2.80. The maximum atomic E-state index is 12.3. The molecule has 3 rings (SSSR count). The van der Waals surface area contributed by atoms with Crippen molar-refractivity contribution in [1.82, 2.24) is 5.01 Å². The lowest BCUT2D eigenvalue weighted by atomic mass is 10.0. The van der Waals surface area contributed by atoms with E-state index in [2.05, 4.69) is 41.6 Å². The van der Waals surface area contributed by atoms with Crippen LogP contribution in [0.5, 0.6) is 0 Å². The van der Waals surface area contributed by atoms with Crippen molar-refractivity contribution in [1.29, 1.82) is 0 Å². The maximum absolute atomic E-state index is 12.3. The molecule has 5 heteroatoms. The van der Waals surface area contributed by atoms with E-state index in [1.54, 1.807) is 7.05 Å². The summed E-state index contributed by atoms with van der Waals surface area (Å²) in [5, 5.41) is 8.09. The van der Waals surface area contributed by atoms with E-state index in [9.17, 15) is 9.59 Å². The van der Waals surface area contributed by atoms with E-state index in [1.807, 2.05) is 24.3 Å². The van der Waals surface area contributed by atoms with E-state index in [-0.39, 0.29) is 11.8 Å². The van der Waals surface area contributed by atoms with E-state index in [4.69, 9.17) is 0 Å². The third-order valence-electron chi connectivity index (χ3n) is 4.17. The Balaban J connectivity index is 1.63. The molecule has 1 aliphatic rings. The van der Waals surface area contributed by atoms with E-state index >= 15 is 0 Å². The van der Waals surface area contributed by atoms with Gasteiger partial charge < -0.3 is 5.32 Å². The first-order valence-corrected chi connectivity index (χ1v) is 8.31. The quantitative estimate of drug-likeness (QED) is 0.933. The van der Waals surface area contributed by atoms with Crippen molar-refractivity contribution in [3.63, 3.8) is 0 Å². The molecule has 1 N–H and O–H groups in total. The second-order valence-corrected chi connectivity index (χ2v) is 6.28. The number of carbonyl (C=O) groups excluding carboxylic acids is 2. The summed E-state index contributed by atoms with van der Waals surface area (Å²) < 4.78 is 0. The van der Waals surface area contributed by atoms with E-state index in [0.717, 1.165) is 12.1 Å². The Morgan fingerprint density at radius 2 is 1.88 bits per heavy atom. The Hall–Kier alpha value is -2.95. The van der Waals surface area contributed by atoms with Crippen LogP contribution >= 0.6 is 0 Å². The van der Waals surface area contributed by atoms with Crippen molar-refractivity contribution in [2.75, 3.05) is 12.4 Å². The van der Waals surface area contributed by atoms with Gasteiger partial charge in [-0.1, -0.05) is 42.0 Å². The molecular weight excluding hydrogens is 314 g/mol. The summed E-state index contributed by atoms with van der Waals surface area (Å²) in [5.41, 5.74) is 4.80. The minimum absolute atomic E-state index is 0.0722. The van der Waals surface area contributed by atoms with Gasteiger partial charge in [-0.3, -0.25) is 9.59 Å². The molecular formula is C20H21N3O2. The van der Waals surface area contributed by atoms with Crippen LogP contribution in [0.15, 0.2) is 53.6 Å². The van der Waals surface area contributed by atoms with Crippen molar-refractivity contribution >= 4 is 23.2 Å². The summed E-state index contributed by atoms with van der Waals surface area (Å²) in [7, 11) is 1.56. The molecule has 2 aromatic carbocycles. The first kappa shape index (κ1) is 16.9. The summed E-state index contributed by atoms with van der Waals surface area (Å²) in [4.78, 5) is 23.7. The molecule has 0 atom stereocenters. The van der Waals surface area contributed by atoms with Crippen LogP contribution in [-0.2, 0) is 16.0 Å². The monoisotopic (exact) mass is 335 g/mol. The smallest absolute Gasteiger partial charge is 0.271 e. The van der Waals surface area contributed by atoms with E-state index < -0.39 is 0 Å². The van der Waals surface area contributed by atoms with Crippen molar-refractivity contribution in [2.45, 2.75) is 26.2 Å². The lowest BCUT2D eigenvalue weighted by Gasteiger charge is -2.18. The molecule has 0 fully saturated rings. The summed E-state index contributed by atoms with van der Waals surface area (Å²) in [6, 6.07) is 16.2. The van der Waals surface area contributed by atoms with Crippen LogP contribution in [-0.4, -0.2) is 29.6 Å². The summed E-state index contributed by atoms with van der Waals surface area (Å²) in [5.74, 6) is -0.331. The molecule has 25 heavy (non-hydrogen) atoms. The van der Waals surface area contributed by atoms with Crippen LogP contribution in [0.3, 0.4) is 0 Å². The van der Waals surface area contributed by atoms with Crippen molar-refractivity contribution in [3.05, 3.63) is 65.2 Å². The Morgan fingerprint density at radius 3 is 2.56 bits per heavy atom. The number of benzene rings is 2. The van der Waals surface area contributed by atoms with Gasteiger partial charge in [0.25, 0.3) is 5.91 Å². The average Bonchev–Trinajstić information content (AvgIpc) is 2.59. The molecule has 1 aliphatic heterocycles. The SMILES string of the molecule is Cc1cccc(Cc2ccc(NC(=O)C3=NN(C)C(=O)CC3)cc2)c1. The zero-order valence-corrected chi connectivity index (χ0v) is 14.5. The van der Waals surface area contributed by atoms with Gasteiger partial charge in [-0.2, -0.15) is 5.10 Å². The number of aryl methyl sites for hydroxylation is 1. The van der Waals surface area contributed by atoms with Crippen molar-refractivity contribution in [2.24, 2.45) is 5.10 Å². The highest BCUT2D eigenvalue weighted by Crippen LogP contribution is 2.15. The molecule has 0 spiro atoms. The highest BCUT2D eigenvalue weighted by molar-refractivity contribution is 6.43. The summed E-state index contributed by atoms with van der Waals surface area (Å²) in [6.45, 7) is 2.08. The van der Waals surface area contributed by atoms with E-state index in [1.165, 1.54) is 21.7 Å². The molecule has 1 heterocycles. The highest BCUT2D eigenvalue weighted by atomic mass is 16.2. The van der Waals surface area contributed by atoms with Crippen molar-refractivity contribution in [3.8, 4) is 0 Å². The number of hydrazone groups is 1. The average molecular weight is 335 g/mol. The molecule has 0 saturated carbocycles. The summed E-state index contributed by atoms with van der Waals surface area (Å²) >= 11 is 0. The van der Waals surface area contributed by atoms with E-state index in [0.29, 0.717) is 18.6 Å². The molecule has 0 bridgehead atoms. The number of rotatable bonds is 4. The third-order valence-corrected chi connectivity index (χ3v) is 4.17. The number of nitrogens with zero attached hydrogens (tertiary/aromatic N) is 2. The Morgan fingerprint density at radius 1 is 1.12 bits per heavy atom. The van der Waals surface area contributed by atoms with Gasteiger partial charge in [0.1, 0.15) is 5.71 Å². The topological polar surface area (TPSA) is 61.8 Å². The van der Waals surface area contributed by atoms with Gasteiger partial charge in [-0.25, -0.2) is 5.01 Å². The molecule has 2 aromatic rings. The minimum Gasteiger partial charge on any atom is -0.321 e. The number of carbonyl (C=O) groups is 2. The molecule has 0 unspecified atom stereocenters. The van der Waals surface area contributed by atoms with Crippen molar-refractivity contribution < 1.29 is 9.59 Å².